The Labute approximate surface area is 115 Å². The van der Waals surface area contributed by atoms with Crippen LogP contribution in [-0.2, 0) is 6.42 Å². The van der Waals surface area contributed by atoms with Crippen LogP contribution >= 0.6 is 0 Å². The molecule has 0 bridgehead atoms. The molecular weight excluding hydrogens is 234 g/mol. The first-order chi connectivity index (χ1) is 9.02. The molecule has 2 nitrogen and oxygen atoms in total. The highest BCUT2D eigenvalue weighted by atomic mass is 16.3. The summed E-state index contributed by atoms with van der Waals surface area (Å²) < 4.78 is 5.66. The maximum absolute atomic E-state index is 5.66. The van der Waals surface area contributed by atoms with Gasteiger partial charge in [-0.05, 0) is 63.9 Å². The van der Waals surface area contributed by atoms with Crippen molar-refractivity contribution >= 4 is 0 Å². The average molecular weight is 257 g/mol. The highest BCUT2D eigenvalue weighted by molar-refractivity contribution is 5.36. The quantitative estimate of drug-likeness (QED) is 0.895. The van der Waals surface area contributed by atoms with E-state index in [4.69, 9.17) is 4.42 Å². The third-order valence-electron chi connectivity index (χ3n) is 3.86. The topological polar surface area (TPSA) is 25.2 Å². The molecular formula is C17H23NO. The van der Waals surface area contributed by atoms with Crippen LogP contribution in [0, 0.1) is 27.7 Å². The van der Waals surface area contributed by atoms with Gasteiger partial charge < -0.3 is 9.73 Å². The Morgan fingerprint density at radius 3 is 2.21 bits per heavy atom. The van der Waals surface area contributed by atoms with Gasteiger partial charge in [-0.2, -0.15) is 0 Å². The number of benzene rings is 1. The van der Waals surface area contributed by atoms with Gasteiger partial charge in [0.2, 0.25) is 0 Å². The Morgan fingerprint density at radius 2 is 1.74 bits per heavy atom. The normalized spacial score (nSPS) is 12.7. The largest absolute Gasteiger partial charge is 0.466 e. The highest BCUT2D eigenvalue weighted by Crippen LogP contribution is 2.26. The molecule has 1 unspecified atom stereocenters. The summed E-state index contributed by atoms with van der Waals surface area (Å²) in [6.07, 6.45) is 0.995. The van der Waals surface area contributed by atoms with Crippen LogP contribution in [-0.4, -0.2) is 7.05 Å². The Bertz CT molecular complexity index is 548. The summed E-state index contributed by atoms with van der Waals surface area (Å²) >= 11 is 0. The van der Waals surface area contributed by atoms with Crippen LogP contribution in [0.2, 0.25) is 0 Å². The number of hydrogen-bond donors (Lipinski definition) is 1. The number of aryl methyl sites for hydroxylation is 4. The molecule has 0 fully saturated rings. The van der Waals surface area contributed by atoms with Crippen molar-refractivity contribution in [3.8, 4) is 0 Å². The minimum Gasteiger partial charge on any atom is -0.466 e. The maximum atomic E-state index is 5.66. The van der Waals surface area contributed by atoms with Crippen molar-refractivity contribution in [2.75, 3.05) is 7.05 Å². The van der Waals surface area contributed by atoms with E-state index in [2.05, 4.69) is 43.4 Å². The molecule has 1 N–H and O–H groups in total. The molecule has 0 radical (unpaired) electrons. The van der Waals surface area contributed by atoms with Gasteiger partial charge in [0, 0.05) is 11.6 Å². The standard InChI is InChI=1S/C17H23NO/c1-11-7-6-8-12(2)15(11)10-17(18-5)16-9-13(3)19-14(16)4/h6-9,17-18H,10H2,1-5H3. The first-order valence-electron chi connectivity index (χ1n) is 6.82. The molecule has 0 saturated carbocycles. The van der Waals surface area contributed by atoms with Crippen LogP contribution in [0.15, 0.2) is 28.7 Å². The lowest BCUT2D eigenvalue weighted by atomic mass is 9.93. The second-order valence-electron chi connectivity index (χ2n) is 5.28. The minimum atomic E-state index is 0.303. The Morgan fingerprint density at radius 1 is 1.11 bits per heavy atom. The Hall–Kier alpha value is -1.54. The number of likely N-dealkylation sites (N-methyl/N-ethyl adjacent to an activating group) is 1. The summed E-state index contributed by atoms with van der Waals surface area (Å²) in [5, 5.41) is 3.42. The number of rotatable bonds is 4. The molecule has 0 amide bonds. The fraction of sp³-hybridized carbons (Fsp3) is 0.412. The zero-order valence-electron chi connectivity index (χ0n) is 12.5. The average Bonchev–Trinajstić information content (AvgIpc) is 2.68. The molecule has 2 heteroatoms. The predicted octanol–water partition coefficient (Wildman–Crippen LogP) is 4.02. The summed E-state index contributed by atoms with van der Waals surface area (Å²) in [6, 6.07) is 8.93. The molecule has 0 aliphatic heterocycles. The molecule has 0 aliphatic rings. The molecule has 1 aromatic carbocycles. The maximum Gasteiger partial charge on any atom is 0.105 e. The summed E-state index contributed by atoms with van der Waals surface area (Å²) in [5.74, 6) is 2.00. The van der Waals surface area contributed by atoms with E-state index >= 15 is 0 Å². The summed E-state index contributed by atoms with van der Waals surface area (Å²) in [5.41, 5.74) is 5.42. The molecule has 2 rings (SSSR count). The Kier molecular flexibility index (Phi) is 4.11. The third kappa shape index (κ3) is 2.90. The zero-order chi connectivity index (χ0) is 14.0. The third-order valence-corrected chi connectivity index (χ3v) is 3.86. The van der Waals surface area contributed by atoms with Gasteiger partial charge in [0.25, 0.3) is 0 Å². The summed E-state index contributed by atoms with van der Waals surface area (Å²) in [7, 11) is 2.01. The van der Waals surface area contributed by atoms with E-state index in [1.54, 1.807) is 0 Å². The van der Waals surface area contributed by atoms with E-state index in [9.17, 15) is 0 Å². The minimum absolute atomic E-state index is 0.303. The monoisotopic (exact) mass is 257 g/mol. The molecule has 0 aliphatic carbocycles. The zero-order valence-corrected chi connectivity index (χ0v) is 12.5. The van der Waals surface area contributed by atoms with Gasteiger partial charge in [0.05, 0.1) is 0 Å². The molecule has 0 spiro atoms. The van der Waals surface area contributed by atoms with Crippen LogP contribution in [0.4, 0.5) is 0 Å². The van der Waals surface area contributed by atoms with Crippen molar-refractivity contribution in [3.63, 3.8) is 0 Å². The second kappa shape index (κ2) is 5.62. The lowest BCUT2D eigenvalue weighted by molar-refractivity contribution is 0.490. The van der Waals surface area contributed by atoms with Gasteiger partial charge in [-0.25, -0.2) is 0 Å². The summed E-state index contributed by atoms with van der Waals surface area (Å²) in [4.78, 5) is 0. The van der Waals surface area contributed by atoms with Gasteiger partial charge in [-0.3, -0.25) is 0 Å². The van der Waals surface area contributed by atoms with Crippen LogP contribution in [0.5, 0.6) is 0 Å². The number of hydrogen-bond acceptors (Lipinski definition) is 2. The van der Waals surface area contributed by atoms with E-state index in [0.29, 0.717) is 6.04 Å². The highest BCUT2D eigenvalue weighted by Gasteiger charge is 2.17. The van der Waals surface area contributed by atoms with E-state index < -0.39 is 0 Å². The van der Waals surface area contributed by atoms with E-state index in [-0.39, 0.29) is 0 Å². The summed E-state index contributed by atoms with van der Waals surface area (Å²) in [6.45, 7) is 8.41. The molecule has 0 saturated heterocycles. The van der Waals surface area contributed by atoms with Crippen molar-refractivity contribution in [2.45, 2.75) is 40.2 Å². The molecule has 102 valence electrons. The molecule has 1 aromatic heterocycles. The lowest BCUT2D eigenvalue weighted by Gasteiger charge is -2.18. The van der Waals surface area contributed by atoms with Gasteiger partial charge in [0.15, 0.2) is 0 Å². The smallest absolute Gasteiger partial charge is 0.105 e. The second-order valence-corrected chi connectivity index (χ2v) is 5.28. The fourth-order valence-corrected chi connectivity index (χ4v) is 2.74. The van der Waals surface area contributed by atoms with Crippen molar-refractivity contribution in [2.24, 2.45) is 0 Å². The van der Waals surface area contributed by atoms with Gasteiger partial charge in [-0.1, -0.05) is 18.2 Å². The lowest BCUT2D eigenvalue weighted by Crippen LogP contribution is -2.20. The van der Waals surface area contributed by atoms with Crippen molar-refractivity contribution in [1.82, 2.24) is 5.32 Å². The van der Waals surface area contributed by atoms with Crippen LogP contribution in [0.3, 0.4) is 0 Å². The number of furan rings is 1. The van der Waals surface area contributed by atoms with Gasteiger partial charge >= 0.3 is 0 Å². The van der Waals surface area contributed by atoms with E-state index in [1.165, 1.54) is 22.3 Å². The van der Waals surface area contributed by atoms with Crippen LogP contribution in [0.25, 0.3) is 0 Å². The molecule has 1 heterocycles. The van der Waals surface area contributed by atoms with Gasteiger partial charge in [0.1, 0.15) is 11.5 Å². The molecule has 1 atom stereocenters. The van der Waals surface area contributed by atoms with E-state index in [0.717, 1.165) is 17.9 Å². The van der Waals surface area contributed by atoms with Gasteiger partial charge in [-0.15, -0.1) is 0 Å². The molecule has 2 aromatic rings. The predicted molar refractivity (Wildman–Crippen MR) is 79.6 cm³/mol. The molecule has 19 heavy (non-hydrogen) atoms. The SMILES string of the molecule is CNC(Cc1c(C)cccc1C)c1cc(C)oc1C. The van der Waals surface area contributed by atoms with Crippen LogP contribution < -0.4 is 5.32 Å². The van der Waals surface area contributed by atoms with Crippen molar-refractivity contribution in [3.05, 3.63) is 58.0 Å². The Balaban J connectivity index is 2.32. The fourth-order valence-electron chi connectivity index (χ4n) is 2.74. The van der Waals surface area contributed by atoms with Crippen molar-refractivity contribution < 1.29 is 4.42 Å². The first-order valence-corrected chi connectivity index (χ1v) is 6.82. The van der Waals surface area contributed by atoms with Crippen molar-refractivity contribution in [1.29, 1.82) is 0 Å². The van der Waals surface area contributed by atoms with E-state index in [1.807, 2.05) is 20.9 Å². The van der Waals surface area contributed by atoms with Crippen LogP contribution in [0.1, 0.15) is 39.8 Å². The first kappa shape index (κ1) is 13.9. The number of nitrogens with one attached hydrogen (secondary N) is 1.